The van der Waals surface area contributed by atoms with Crippen molar-refractivity contribution in [3.8, 4) is 0 Å². The molecule has 14 heavy (non-hydrogen) atoms. The van der Waals surface area contributed by atoms with Gasteiger partial charge in [0.1, 0.15) is 12.6 Å². The highest BCUT2D eigenvalue weighted by atomic mass is 16.1. The molecule has 2 nitrogen and oxygen atoms in total. The van der Waals surface area contributed by atoms with E-state index in [0.717, 1.165) is 51.1 Å². The predicted octanol–water partition coefficient (Wildman–Crippen LogP) is 3.06. The first kappa shape index (κ1) is 13.1. The molecule has 0 aliphatic carbocycles. The molecule has 0 aliphatic heterocycles. The lowest BCUT2D eigenvalue weighted by Gasteiger charge is -2.04. The Balaban J connectivity index is 4.37. The zero-order valence-electron chi connectivity index (χ0n) is 9.21. The minimum atomic E-state index is 0.704. The van der Waals surface area contributed by atoms with Crippen molar-refractivity contribution in [2.45, 2.75) is 52.4 Å². The number of carbonyl (C=O) groups is 2. The van der Waals surface area contributed by atoms with E-state index in [9.17, 15) is 9.59 Å². The monoisotopic (exact) mass is 196 g/mol. The molecule has 0 radical (unpaired) electrons. The minimum Gasteiger partial charge on any atom is -0.298 e. The van der Waals surface area contributed by atoms with Gasteiger partial charge in [0.15, 0.2) is 0 Å². The van der Waals surface area contributed by atoms with Crippen LogP contribution in [0.4, 0.5) is 0 Å². The van der Waals surface area contributed by atoms with Gasteiger partial charge in [0.05, 0.1) is 0 Å². The summed E-state index contributed by atoms with van der Waals surface area (Å²) in [5.41, 5.74) is 1.41. The van der Waals surface area contributed by atoms with Crippen LogP contribution in [0.3, 0.4) is 0 Å². The first-order valence-electron chi connectivity index (χ1n) is 5.42. The average molecular weight is 196 g/mol. The lowest BCUT2D eigenvalue weighted by molar-refractivity contribution is -0.107. The third kappa shape index (κ3) is 4.95. The van der Waals surface area contributed by atoms with Gasteiger partial charge in [-0.2, -0.15) is 0 Å². The number of allylic oxidation sites excluding steroid dienone is 2. The SMILES string of the molecule is CCCC/C(C=O)=C(/C=O)CCCC. The molecule has 0 aromatic carbocycles. The molecule has 0 aromatic heterocycles. The van der Waals surface area contributed by atoms with Crippen LogP contribution in [-0.4, -0.2) is 12.6 Å². The highest BCUT2D eigenvalue weighted by Crippen LogP contribution is 2.14. The molecule has 0 saturated heterocycles. The summed E-state index contributed by atoms with van der Waals surface area (Å²) in [6.07, 6.45) is 7.25. The number of hydrogen-bond acceptors (Lipinski definition) is 2. The third-order valence-corrected chi connectivity index (χ3v) is 2.30. The Labute approximate surface area is 86.4 Å². The highest BCUT2D eigenvalue weighted by molar-refractivity contribution is 5.86. The molecule has 2 heteroatoms. The Hall–Kier alpha value is -0.920. The molecule has 0 bridgehead atoms. The second-order valence-corrected chi connectivity index (χ2v) is 3.49. The number of carbonyl (C=O) groups excluding carboxylic acids is 2. The van der Waals surface area contributed by atoms with Crippen LogP contribution in [0.25, 0.3) is 0 Å². The van der Waals surface area contributed by atoms with Gasteiger partial charge in [-0.25, -0.2) is 0 Å². The van der Waals surface area contributed by atoms with Gasteiger partial charge in [-0.3, -0.25) is 9.59 Å². The minimum absolute atomic E-state index is 0.704. The maximum absolute atomic E-state index is 10.8. The van der Waals surface area contributed by atoms with Crippen LogP contribution in [0.2, 0.25) is 0 Å². The number of aldehydes is 2. The quantitative estimate of drug-likeness (QED) is 0.441. The standard InChI is InChI=1S/C12H20O2/c1-3-5-7-11(9-13)12(10-14)8-6-4-2/h9-10H,3-8H2,1-2H3/b12-11-. The van der Waals surface area contributed by atoms with Gasteiger partial charge in [-0.1, -0.05) is 26.7 Å². The molecule has 0 atom stereocenters. The van der Waals surface area contributed by atoms with E-state index >= 15 is 0 Å². The molecule has 0 unspecified atom stereocenters. The summed E-state index contributed by atoms with van der Waals surface area (Å²) in [7, 11) is 0. The number of hydrogen-bond donors (Lipinski definition) is 0. The number of rotatable bonds is 8. The van der Waals surface area contributed by atoms with Gasteiger partial charge in [0.2, 0.25) is 0 Å². The average Bonchev–Trinajstić information content (AvgIpc) is 2.23. The Morgan fingerprint density at radius 3 is 1.43 bits per heavy atom. The second kappa shape index (κ2) is 8.67. The Kier molecular flexibility index (Phi) is 8.10. The van der Waals surface area contributed by atoms with E-state index in [-0.39, 0.29) is 0 Å². The lowest BCUT2D eigenvalue weighted by Crippen LogP contribution is -1.96. The van der Waals surface area contributed by atoms with Crippen molar-refractivity contribution in [1.82, 2.24) is 0 Å². The van der Waals surface area contributed by atoms with Crippen LogP contribution < -0.4 is 0 Å². The first-order chi connectivity index (χ1) is 6.79. The van der Waals surface area contributed by atoms with Gasteiger partial charge in [0, 0.05) is 0 Å². The summed E-state index contributed by atoms with van der Waals surface area (Å²) in [4.78, 5) is 21.5. The smallest absolute Gasteiger partial charge is 0.146 e. The van der Waals surface area contributed by atoms with Crippen molar-refractivity contribution in [1.29, 1.82) is 0 Å². The molecular weight excluding hydrogens is 176 g/mol. The van der Waals surface area contributed by atoms with E-state index < -0.39 is 0 Å². The van der Waals surface area contributed by atoms with Gasteiger partial charge < -0.3 is 0 Å². The van der Waals surface area contributed by atoms with Crippen molar-refractivity contribution >= 4 is 12.6 Å². The molecule has 0 spiro atoms. The van der Waals surface area contributed by atoms with E-state index in [0.29, 0.717) is 11.1 Å². The molecule has 0 rings (SSSR count). The summed E-state index contributed by atoms with van der Waals surface area (Å²) < 4.78 is 0. The van der Waals surface area contributed by atoms with E-state index in [1.165, 1.54) is 0 Å². The Bertz CT molecular complexity index is 182. The van der Waals surface area contributed by atoms with E-state index in [1.54, 1.807) is 0 Å². The molecule has 0 fully saturated rings. The number of unbranched alkanes of at least 4 members (excludes halogenated alkanes) is 2. The van der Waals surface area contributed by atoms with Crippen LogP contribution >= 0.6 is 0 Å². The topological polar surface area (TPSA) is 34.1 Å². The molecule has 0 aromatic rings. The first-order valence-corrected chi connectivity index (χ1v) is 5.42. The summed E-state index contributed by atoms with van der Waals surface area (Å²) in [6.45, 7) is 4.16. The zero-order chi connectivity index (χ0) is 10.8. The molecule has 0 aliphatic rings. The summed E-state index contributed by atoms with van der Waals surface area (Å²) in [5, 5.41) is 0. The molecule has 0 heterocycles. The fourth-order valence-corrected chi connectivity index (χ4v) is 1.32. The van der Waals surface area contributed by atoms with Crippen molar-refractivity contribution in [2.24, 2.45) is 0 Å². The van der Waals surface area contributed by atoms with Crippen LogP contribution in [0, 0.1) is 0 Å². The van der Waals surface area contributed by atoms with Crippen LogP contribution in [-0.2, 0) is 9.59 Å². The third-order valence-electron chi connectivity index (χ3n) is 2.30. The summed E-state index contributed by atoms with van der Waals surface area (Å²) in [5.74, 6) is 0. The summed E-state index contributed by atoms with van der Waals surface area (Å²) >= 11 is 0. The van der Waals surface area contributed by atoms with Crippen molar-refractivity contribution < 1.29 is 9.59 Å². The molecule has 80 valence electrons. The Morgan fingerprint density at radius 2 is 1.21 bits per heavy atom. The Morgan fingerprint density at radius 1 is 0.857 bits per heavy atom. The van der Waals surface area contributed by atoms with Gasteiger partial charge in [-0.15, -0.1) is 0 Å². The van der Waals surface area contributed by atoms with Gasteiger partial charge in [-0.05, 0) is 36.8 Å². The van der Waals surface area contributed by atoms with Crippen LogP contribution in [0.5, 0.6) is 0 Å². The van der Waals surface area contributed by atoms with E-state index in [4.69, 9.17) is 0 Å². The normalized spacial score (nSPS) is 12.1. The molecule has 0 N–H and O–H groups in total. The van der Waals surface area contributed by atoms with Crippen molar-refractivity contribution in [3.05, 3.63) is 11.1 Å². The zero-order valence-corrected chi connectivity index (χ0v) is 9.21. The summed E-state index contributed by atoms with van der Waals surface area (Å²) in [6, 6.07) is 0. The highest BCUT2D eigenvalue weighted by Gasteiger charge is 2.04. The molecular formula is C12H20O2. The van der Waals surface area contributed by atoms with Crippen LogP contribution in [0.15, 0.2) is 11.1 Å². The molecule has 0 saturated carbocycles. The maximum Gasteiger partial charge on any atom is 0.146 e. The second-order valence-electron chi connectivity index (χ2n) is 3.49. The van der Waals surface area contributed by atoms with E-state index in [2.05, 4.69) is 13.8 Å². The van der Waals surface area contributed by atoms with Crippen LogP contribution in [0.1, 0.15) is 52.4 Å². The largest absolute Gasteiger partial charge is 0.298 e. The van der Waals surface area contributed by atoms with Gasteiger partial charge >= 0.3 is 0 Å². The maximum atomic E-state index is 10.8. The fraction of sp³-hybridized carbons (Fsp3) is 0.667. The predicted molar refractivity (Wildman–Crippen MR) is 58.2 cm³/mol. The van der Waals surface area contributed by atoms with E-state index in [1.807, 2.05) is 0 Å². The molecule has 0 amide bonds. The van der Waals surface area contributed by atoms with Gasteiger partial charge in [0.25, 0.3) is 0 Å². The van der Waals surface area contributed by atoms with Crippen molar-refractivity contribution in [2.75, 3.05) is 0 Å². The fourth-order valence-electron chi connectivity index (χ4n) is 1.32. The lowest BCUT2D eigenvalue weighted by atomic mass is 10.0. The van der Waals surface area contributed by atoms with Crippen molar-refractivity contribution in [3.63, 3.8) is 0 Å².